The van der Waals surface area contributed by atoms with Gasteiger partial charge in [0.25, 0.3) is 5.91 Å². The summed E-state index contributed by atoms with van der Waals surface area (Å²) >= 11 is 1.55. The molecule has 1 atom stereocenters. The standard InChI is InChI=1S/C21H30N2O2S/c1-4-6-7-12-23(17(3)9-5-2)21(24)18-10-8-11-20(13-18)25-14-19-15-26-16-22-19/h8,10-11,13,15-17H,4-7,9,12,14H2,1-3H3. The van der Waals surface area contributed by atoms with Crippen molar-refractivity contribution in [2.45, 2.75) is 65.5 Å². The number of unbranched alkanes of at least 4 members (excludes halogenated alkanes) is 2. The normalized spacial score (nSPS) is 12.0. The lowest BCUT2D eigenvalue weighted by molar-refractivity contribution is 0.0679. The molecule has 0 fully saturated rings. The van der Waals surface area contributed by atoms with E-state index in [1.165, 1.54) is 0 Å². The van der Waals surface area contributed by atoms with Gasteiger partial charge in [-0.2, -0.15) is 0 Å². The first-order valence-corrected chi connectivity index (χ1v) is 10.5. The Hall–Kier alpha value is -1.88. The lowest BCUT2D eigenvalue weighted by Gasteiger charge is -2.29. The number of benzene rings is 1. The number of hydrogen-bond donors (Lipinski definition) is 0. The van der Waals surface area contributed by atoms with Crippen LogP contribution < -0.4 is 4.74 Å². The van der Waals surface area contributed by atoms with E-state index in [2.05, 4.69) is 25.8 Å². The van der Waals surface area contributed by atoms with Crippen LogP contribution in [0.5, 0.6) is 5.75 Å². The van der Waals surface area contributed by atoms with Crippen molar-refractivity contribution >= 4 is 17.2 Å². The van der Waals surface area contributed by atoms with Crippen molar-refractivity contribution in [1.82, 2.24) is 9.88 Å². The Morgan fingerprint density at radius 2 is 2.12 bits per heavy atom. The highest BCUT2D eigenvalue weighted by Crippen LogP contribution is 2.19. The Morgan fingerprint density at radius 1 is 1.27 bits per heavy atom. The maximum Gasteiger partial charge on any atom is 0.254 e. The van der Waals surface area contributed by atoms with Gasteiger partial charge in [0.2, 0.25) is 0 Å². The molecule has 0 N–H and O–H groups in total. The van der Waals surface area contributed by atoms with Gasteiger partial charge in [-0.15, -0.1) is 11.3 Å². The van der Waals surface area contributed by atoms with Crippen molar-refractivity contribution in [2.24, 2.45) is 0 Å². The van der Waals surface area contributed by atoms with Crippen molar-refractivity contribution in [3.05, 3.63) is 46.4 Å². The van der Waals surface area contributed by atoms with Crippen LogP contribution in [0, 0.1) is 0 Å². The average molecular weight is 375 g/mol. The van der Waals surface area contributed by atoms with Gasteiger partial charge in [0.15, 0.2) is 0 Å². The molecule has 1 unspecified atom stereocenters. The van der Waals surface area contributed by atoms with Crippen molar-refractivity contribution in [2.75, 3.05) is 6.54 Å². The molecular weight excluding hydrogens is 344 g/mol. The lowest BCUT2D eigenvalue weighted by Crippen LogP contribution is -2.39. The number of nitrogens with zero attached hydrogens (tertiary/aromatic N) is 2. The van der Waals surface area contributed by atoms with Gasteiger partial charge < -0.3 is 9.64 Å². The molecule has 1 heterocycles. The molecule has 0 saturated heterocycles. The summed E-state index contributed by atoms with van der Waals surface area (Å²) in [4.78, 5) is 19.3. The molecule has 0 spiro atoms. The summed E-state index contributed by atoms with van der Waals surface area (Å²) in [6.45, 7) is 7.74. The summed E-state index contributed by atoms with van der Waals surface area (Å²) in [5.74, 6) is 0.807. The Balaban J connectivity index is 2.06. The molecule has 2 aromatic rings. The van der Waals surface area contributed by atoms with Crippen LogP contribution in [0.1, 0.15) is 68.9 Å². The summed E-state index contributed by atoms with van der Waals surface area (Å²) in [6, 6.07) is 7.76. The predicted octanol–water partition coefficient (Wildman–Crippen LogP) is 5.54. The topological polar surface area (TPSA) is 42.4 Å². The molecule has 0 aliphatic rings. The van der Waals surface area contributed by atoms with Gasteiger partial charge in [-0.05, 0) is 38.0 Å². The molecule has 2 rings (SSSR count). The van der Waals surface area contributed by atoms with Crippen LogP contribution >= 0.6 is 11.3 Å². The molecule has 0 aliphatic heterocycles. The van der Waals surface area contributed by atoms with E-state index in [-0.39, 0.29) is 11.9 Å². The number of thiazole rings is 1. The maximum atomic E-state index is 13.1. The molecule has 0 saturated carbocycles. The number of aromatic nitrogens is 1. The van der Waals surface area contributed by atoms with E-state index in [0.29, 0.717) is 17.9 Å². The number of carbonyl (C=O) groups excluding carboxylic acids is 1. The van der Waals surface area contributed by atoms with Crippen molar-refractivity contribution in [1.29, 1.82) is 0 Å². The molecule has 1 aromatic carbocycles. The first kappa shape index (κ1) is 20.4. The highest BCUT2D eigenvalue weighted by atomic mass is 32.1. The minimum atomic E-state index is 0.0983. The Labute approximate surface area is 161 Å². The smallest absolute Gasteiger partial charge is 0.254 e. The molecule has 0 radical (unpaired) electrons. The van der Waals surface area contributed by atoms with Gasteiger partial charge in [-0.3, -0.25) is 4.79 Å². The molecule has 26 heavy (non-hydrogen) atoms. The molecule has 1 aromatic heterocycles. The van der Waals surface area contributed by atoms with Gasteiger partial charge in [0.05, 0.1) is 11.2 Å². The third kappa shape index (κ3) is 6.13. The van der Waals surface area contributed by atoms with Gasteiger partial charge in [-0.1, -0.05) is 39.2 Å². The fourth-order valence-corrected chi connectivity index (χ4v) is 3.52. The third-order valence-corrected chi connectivity index (χ3v) is 5.09. The first-order chi connectivity index (χ1) is 12.7. The zero-order valence-corrected chi connectivity index (χ0v) is 16.9. The van der Waals surface area contributed by atoms with Gasteiger partial charge in [0, 0.05) is 23.5 Å². The van der Waals surface area contributed by atoms with E-state index in [9.17, 15) is 4.79 Å². The fraction of sp³-hybridized carbons (Fsp3) is 0.524. The Kier molecular flexibility index (Phi) is 8.62. The molecule has 0 aliphatic carbocycles. The van der Waals surface area contributed by atoms with Crippen LogP contribution in [-0.4, -0.2) is 28.4 Å². The Bertz CT molecular complexity index is 658. The van der Waals surface area contributed by atoms with Gasteiger partial charge in [0.1, 0.15) is 12.4 Å². The van der Waals surface area contributed by atoms with E-state index >= 15 is 0 Å². The van der Waals surface area contributed by atoms with E-state index in [4.69, 9.17) is 4.74 Å². The number of amides is 1. The molecular formula is C21H30N2O2S. The van der Waals surface area contributed by atoms with E-state index in [0.717, 1.165) is 44.3 Å². The van der Waals surface area contributed by atoms with Crippen molar-refractivity contribution in [3.8, 4) is 5.75 Å². The van der Waals surface area contributed by atoms with Crippen molar-refractivity contribution in [3.63, 3.8) is 0 Å². The SMILES string of the molecule is CCCCCN(C(=O)c1cccc(OCc2cscn2)c1)C(C)CCC. The molecule has 142 valence electrons. The number of hydrogen-bond acceptors (Lipinski definition) is 4. The third-order valence-electron chi connectivity index (χ3n) is 4.45. The highest BCUT2D eigenvalue weighted by molar-refractivity contribution is 7.07. The van der Waals surface area contributed by atoms with E-state index in [1.54, 1.807) is 16.8 Å². The highest BCUT2D eigenvalue weighted by Gasteiger charge is 2.21. The van der Waals surface area contributed by atoms with E-state index in [1.807, 2.05) is 34.5 Å². The van der Waals surface area contributed by atoms with Crippen LogP contribution in [0.2, 0.25) is 0 Å². The molecule has 1 amide bonds. The monoisotopic (exact) mass is 374 g/mol. The molecule has 4 nitrogen and oxygen atoms in total. The van der Waals surface area contributed by atoms with Gasteiger partial charge >= 0.3 is 0 Å². The minimum absolute atomic E-state index is 0.0983. The van der Waals surface area contributed by atoms with Crippen LogP contribution in [0.15, 0.2) is 35.2 Å². The first-order valence-electron chi connectivity index (χ1n) is 9.56. The van der Waals surface area contributed by atoms with Crippen LogP contribution in [0.3, 0.4) is 0 Å². The summed E-state index contributed by atoms with van der Waals surface area (Å²) in [5, 5.41) is 1.97. The number of carbonyl (C=O) groups is 1. The number of ether oxygens (including phenoxy) is 1. The largest absolute Gasteiger partial charge is 0.487 e. The average Bonchev–Trinajstić information content (AvgIpc) is 3.17. The quantitative estimate of drug-likeness (QED) is 0.485. The summed E-state index contributed by atoms with van der Waals surface area (Å²) in [7, 11) is 0. The summed E-state index contributed by atoms with van der Waals surface area (Å²) < 4.78 is 5.80. The van der Waals surface area contributed by atoms with Gasteiger partial charge in [-0.25, -0.2) is 4.98 Å². The zero-order valence-electron chi connectivity index (χ0n) is 16.1. The molecule has 0 bridgehead atoms. The minimum Gasteiger partial charge on any atom is -0.487 e. The summed E-state index contributed by atoms with van der Waals surface area (Å²) in [6.07, 6.45) is 5.47. The van der Waals surface area contributed by atoms with Crippen LogP contribution in [-0.2, 0) is 6.61 Å². The second-order valence-electron chi connectivity index (χ2n) is 6.64. The lowest BCUT2D eigenvalue weighted by atomic mass is 10.1. The summed E-state index contributed by atoms with van der Waals surface area (Å²) in [5.41, 5.74) is 3.40. The van der Waals surface area contributed by atoms with Crippen molar-refractivity contribution < 1.29 is 9.53 Å². The van der Waals surface area contributed by atoms with Crippen LogP contribution in [0.4, 0.5) is 0 Å². The molecule has 5 heteroatoms. The second-order valence-corrected chi connectivity index (χ2v) is 7.36. The Morgan fingerprint density at radius 3 is 2.81 bits per heavy atom. The van der Waals surface area contributed by atoms with E-state index < -0.39 is 0 Å². The second kappa shape index (κ2) is 11.0. The maximum absolute atomic E-state index is 13.1. The van der Waals surface area contributed by atoms with Crippen LogP contribution in [0.25, 0.3) is 0 Å². The predicted molar refractivity (Wildman–Crippen MR) is 108 cm³/mol. The number of rotatable bonds is 11. The fourth-order valence-electron chi connectivity index (χ4n) is 2.98. The zero-order chi connectivity index (χ0) is 18.8.